The summed E-state index contributed by atoms with van der Waals surface area (Å²) in [6, 6.07) is 2.80. The molecule has 66 valence electrons. The lowest BCUT2D eigenvalue weighted by molar-refractivity contribution is 0.404. The highest BCUT2D eigenvalue weighted by Crippen LogP contribution is 2.31. The zero-order valence-corrected chi connectivity index (χ0v) is 7.98. The monoisotopic (exact) mass is 240 g/mol. The Labute approximate surface area is 82.0 Å². The third-order valence-electron chi connectivity index (χ3n) is 1.68. The van der Waals surface area contributed by atoms with E-state index in [2.05, 4.69) is 25.9 Å². The van der Waals surface area contributed by atoms with Gasteiger partial charge in [0, 0.05) is 11.5 Å². The van der Waals surface area contributed by atoms with Crippen molar-refractivity contribution in [2.45, 2.75) is 0 Å². The van der Waals surface area contributed by atoms with Crippen LogP contribution in [0.25, 0.3) is 10.9 Å². The fourth-order valence-corrected chi connectivity index (χ4v) is 1.46. The molecule has 0 unspecified atom stereocenters. The number of nitrogens with zero attached hydrogens (tertiary/aromatic N) is 2. The fraction of sp³-hybridized carbons (Fsp3) is 0. The van der Waals surface area contributed by atoms with E-state index in [1.807, 2.05) is 0 Å². The van der Waals surface area contributed by atoms with E-state index in [0.29, 0.717) is 15.5 Å². The smallest absolute Gasteiger partial charge is 0.159 e. The summed E-state index contributed by atoms with van der Waals surface area (Å²) in [6.07, 6.45) is 1.38. The first-order valence-corrected chi connectivity index (χ1v) is 4.30. The van der Waals surface area contributed by atoms with Crippen LogP contribution in [0.4, 0.5) is 0 Å². The summed E-state index contributed by atoms with van der Waals surface area (Å²) in [4.78, 5) is 7.82. The van der Waals surface area contributed by atoms with Crippen molar-refractivity contribution < 1.29 is 10.2 Å². The molecule has 0 aliphatic carbocycles. The Balaban J connectivity index is 2.89. The molecule has 5 heteroatoms. The van der Waals surface area contributed by atoms with Crippen LogP contribution in [0.3, 0.4) is 0 Å². The normalized spacial score (nSPS) is 10.5. The van der Waals surface area contributed by atoms with Gasteiger partial charge < -0.3 is 10.2 Å². The molecular weight excluding hydrogens is 236 g/mol. The van der Waals surface area contributed by atoms with E-state index in [4.69, 9.17) is 0 Å². The van der Waals surface area contributed by atoms with E-state index in [1.165, 1.54) is 18.5 Å². The van der Waals surface area contributed by atoms with Crippen LogP contribution >= 0.6 is 15.9 Å². The molecule has 0 fully saturated rings. The number of phenolic OH excluding ortho intramolecular Hbond substituents is 2. The topological polar surface area (TPSA) is 66.2 Å². The van der Waals surface area contributed by atoms with Gasteiger partial charge in [0.15, 0.2) is 11.5 Å². The molecule has 1 aromatic carbocycles. The first-order chi connectivity index (χ1) is 6.18. The van der Waals surface area contributed by atoms with Crippen LogP contribution in [-0.4, -0.2) is 20.2 Å². The summed E-state index contributed by atoms with van der Waals surface area (Å²) < 4.78 is 0.591. The van der Waals surface area contributed by atoms with Crippen LogP contribution in [0.1, 0.15) is 0 Å². The quantitative estimate of drug-likeness (QED) is 0.545. The van der Waals surface area contributed by atoms with Gasteiger partial charge in [-0.25, -0.2) is 9.97 Å². The summed E-state index contributed by atoms with van der Waals surface area (Å²) in [6.45, 7) is 0. The number of benzene rings is 1. The third kappa shape index (κ3) is 1.31. The van der Waals surface area contributed by atoms with E-state index in [0.717, 1.165) is 0 Å². The summed E-state index contributed by atoms with van der Waals surface area (Å²) in [5.41, 5.74) is 0.581. The number of phenols is 2. The van der Waals surface area contributed by atoms with Crippen molar-refractivity contribution in [3.8, 4) is 11.5 Å². The second-order valence-corrected chi connectivity index (χ2v) is 3.27. The lowest BCUT2D eigenvalue weighted by Gasteiger charge is -2.01. The number of rotatable bonds is 0. The minimum Gasteiger partial charge on any atom is -0.504 e. The Hall–Kier alpha value is -1.36. The maximum Gasteiger partial charge on any atom is 0.159 e. The lowest BCUT2D eigenvalue weighted by Crippen LogP contribution is -1.83. The van der Waals surface area contributed by atoms with Crippen molar-refractivity contribution in [1.29, 1.82) is 0 Å². The van der Waals surface area contributed by atoms with Gasteiger partial charge in [-0.15, -0.1) is 0 Å². The summed E-state index contributed by atoms with van der Waals surface area (Å²) >= 11 is 3.21. The average Bonchev–Trinajstić information content (AvgIpc) is 2.09. The van der Waals surface area contributed by atoms with Crippen LogP contribution in [-0.2, 0) is 0 Å². The average molecular weight is 241 g/mol. The van der Waals surface area contributed by atoms with Gasteiger partial charge >= 0.3 is 0 Å². The highest BCUT2D eigenvalue weighted by atomic mass is 79.9. The van der Waals surface area contributed by atoms with E-state index in [9.17, 15) is 10.2 Å². The Morgan fingerprint density at radius 1 is 1.08 bits per heavy atom. The maximum absolute atomic E-state index is 9.22. The number of halogens is 1. The van der Waals surface area contributed by atoms with E-state index in [-0.39, 0.29) is 11.5 Å². The number of aromatic hydroxyl groups is 2. The highest BCUT2D eigenvalue weighted by Gasteiger charge is 2.05. The second kappa shape index (κ2) is 2.85. The van der Waals surface area contributed by atoms with Gasteiger partial charge in [0.1, 0.15) is 10.9 Å². The van der Waals surface area contributed by atoms with Gasteiger partial charge in [-0.1, -0.05) is 0 Å². The van der Waals surface area contributed by atoms with Gasteiger partial charge in [-0.2, -0.15) is 0 Å². The predicted molar refractivity (Wildman–Crippen MR) is 50.6 cm³/mol. The Bertz CT molecular complexity index is 473. The largest absolute Gasteiger partial charge is 0.504 e. The molecule has 2 N–H and O–H groups in total. The van der Waals surface area contributed by atoms with E-state index in [1.54, 1.807) is 0 Å². The zero-order valence-electron chi connectivity index (χ0n) is 6.40. The molecule has 0 radical (unpaired) electrons. The van der Waals surface area contributed by atoms with Gasteiger partial charge in [-0.3, -0.25) is 0 Å². The van der Waals surface area contributed by atoms with Crippen molar-refractivity contribution in [2.75, 3.05) is 0 Å². The van der Waals surface area contributed by atoms with Crippen LogP contribution in [0, 0.1) is 0 Å². The lowest BCUT2D eigenvalue weighted by atomic mass is 10.2. The molecule has 0 amide bonds. The molecule has 0 saturated heterocycles. The van der Waals surface area contributed by atoms with Gasteiger partial charge in [0.2, 0.25) is 0 Å². The van der Waals surface area contributed by atoms with Crippen LogP contribution in [0.2, 0.25) is 0 Å². The molecule has 2 aromatic rings. The summed E-state index contributed by atoms with van der Waals surface area (Å²) in [5.74, 6) is -0.360. The first kappa shape index (κ1) is 8.25. The summed E-state index contributed by atoms with van der Waals surface area (Å²) in [7, 11) is 0. The molecule has 0 spiro atoms. The van der Waals surface area contributed by atoms with Gasteiger partial charge in [0.25, 0.3) is 0 Å². The molecule has 4 nitrogen and oxygen atoms in total. The Kier molecular flexibility index (Phi) is 1.81. The molecule has 0 saturated carbocycles. The number of hydrogen-bond acceptors (Lipinski definition) is 4. The van der Waals surface area contributed by atoms with E-state index < -0.39 is 0 Å². The molecule has 13 heavy (non-hydrogen) atoms. The minimum absolute atomic E-state index is 0.178. The molecule has 0 atom stereocenters. The van der Waals surface area contributed by atoms with Crippen LogP contribution in [0.5, 0.6) is 11.5 Å². The third-order valence-corrected chi connectivity index (χ3v) is 2.31. The standard InChI is InChI=1S/C8H5BrN2O2/c9-8-4-1-6(12)7(13)2-5(4)10-3-11-8/h1-3,12-13H. The first-order valence-electron chi connectivity index (χ1n) is 3.50. The zero-order chi connectivity index (χ0) is 9.42. The van der Waals surface area contributed by atoms with Crippen molar-refractivity contribution in [3.63, 3.8) is 0 Å². The molecule has 0 bridgehead atoms. The summed E-state index contributed by atoms with van der Waals surface area (Å²) in [5, 5.41) is 19.1. The minimum atomic E-state index is -0.182. The van der Waals surface area contributed by atoms with Crippen molar-refractivity contribution in [2.24, 2.45) is 0 Å². The molecule has 1 heterocycles. The van der Waals surface area contributed by atoms with Crippen molar-refractivity contribution in [1.82, 2.24) is 9.97 Å². The Morgan fingerprint density at radius 2 is 1.77 bits per heavy atom. The van der Waals surface area contributed by atoms with Crippen LogP contribution < -0.4 is 0 Å². The number of aromatic nitrogens is 2. The fourth-order valence-electron chi connectivity index (χ4n) is 1.05. The van der Waals surface area contributed by atoms with Crippen molar-refractivity contribution >= 4 is 26.8 Å². The molecule has 0 aliphatic heterocycles. The SMILES string of the molecule is Oc1cc2ncnc(Br)c2cc1O. The van der Waals surface area contributed by atoms with Crippen LogP contribution in [0.15, 0.2) is 23.1 Å². The van der Waals surface area contributed by atoms with Gasteiger partial charge in [0.05, 0.1) is 5.52 Å². The van der Waals surface area contributed by atoms with Crippen molar-refractivity contribution in [3.05, 3.63) is 23.1 Å². The number of hydrogen-bond donors (Lipinski definition) is 2. The second-order valence-electron chi connectivity index (χ2n) is 2.52. The molecule has 1 aromatic heterocycles. The van der Waals surface area contributed by atoms with Gasteiger partial charge in [-0.05, 0) is 22.0 Å². The highest BCUT2D eigenvalue weighted by molar-refractivity contribution is 9.10. The molecule has 2 rings (SSSR count). The predicted octanol–water partition coefficient (Wildman–Crippen LogP) is 1.80. The number of fused-ring (bicyclic) bond motifs is 1. The Morgan fingerprint density at radius 3 is 2.54 bits per heavy atom. The molecular formula is C8H5BrN2O2. The van der Waals surface area contributed by atoms with E-state index >= 15 is 0 Å². The maximum atomic E-state index is 9.22. The molecule has 0 aliphatic rings.